The zero-order chi connectivity index (χ0) is 17.6. The number of rotatable bonds is 6. The summed E-state index contributed by atoms with van der Waals surface area (Å²) in [6.45, 7) is 1.91. The Labute approximate surface area is 166 Å². The second kappa shape index (κ2) is 9.26. The van der Waals surface area contributed by atoms with Crippen molar-refractivity contribution < 1.29 is 26.9 Å². The van der Waals surface area contributed by atoms with E-state index in [0.717, 1.165) is 16.8 Å². The Hall–Kier alpha value is -2.51. The molecular formula is C19H17BrN3O2S-. The molecule has 0 aliphatic rings. The average Bonchev–Trinajstić information content (AvgIpc) is 3.03. The fraction of sp³-hybridized carbons (Fsp3) is 0.105. The van der Waals surface area contributed by atoms with Gasteiger partial charge in [-0.2, -0.15) is 5.10 Å². The lowest BCUT2D eigenvalue weighted by Gasteiger charge is -2.00. The largest absolute Gasteiger partial charge is 1.00 e. The van der Waals surface area contributed by atoms with Crippen molar-refractivity contribution in [1.29, 1.82) is 0 Å². The van der Waals surface area contributed by atoms with Crippen LogP contribution in [0.3, 0.4) is 0 Å². The first-order chi connectivity index (χ1) is 12.1. The van der Waals surface area contributed by atoms with Gasteiger partial charge in [0.15, 0.2) is 0 Å². The predicted octanol–water partition coefficient (Wildman–Crippen LogP) is 1.28. The maximum Gasteiger partial charge on any atom is 0.308 e. The Morgan fingerprint density at radius 3 is 2.35 bits per heavy atom. The lowest BCUT2D eigenvalue weighted by atomic mass is 10.1. The minimum Gasteiger partial charge on any atom is -1.00 e. The average molecular weight is 431 g/mol. The van der Waals surface area contributed by atoms with Crippen LogP contribution in [0.4, 0.5) is 5.13 Å². The Kier molecular flexibility index (Phi) is 7.06. The minimum atomic E-state index is -0.878. The highest BCUT2D eigenvalue weighted by atomic mass is 79.9. The van der Waals surface area contributed by atoms with Crippen molar-refractivity contribution >= 4 is 28.1 Å². The standard InChI is InChI=1S/C19H17N3O2S.BrH/c1-13(14-8-4-2-5-9-14)21-22-19-20-18(15-10-6-3-7-11-15)16(25-19)12-17(23)24;/h2-11H,12H2,1H3,(H,20,22)(H,23,24);1H/p-1. The molecule has 1 aromatic heterocycles. The van der Waals surface area contributed by atoms with Crippen molar-refractivity contribution in [3.05, 3.63) is 71.1 Å². The summed E-state index contributed by atoms with van der Waals surface area (Å²) in [4.78, 5) is 16.4. The lowest BCUT2D eigenvalue weighted by Crippen LogP contribution is -3.00. The molecule has 0 saturated carbocycles. The normalized spacial score (nSPS) is 10.9. The van der Waals surface area contributed by atoms with E-state index in [0.29, 0.717) is 15.7 Å². The van der Waals surface area contributed by atoms with Crippen molar-refractivity contribution in [2.75, 3.05) is 5.43 Å². The van der Waals surface area contributed by atoms with Gasteiger partial charge >= 0.3 is 5.97 Å². The smallest absolute Gasteiger partial charge is 0.308 e. The SMILES string of the molecule is CC(=NNc1nc(-c2ccccc2)c(CC(=O)O)s1)c1ccccc1.[Br-]. The molecule has 7 heteroatoms. The van der Waals surface area contributed by atoms with E-state index in [4.69, 9.17) is 5.11 Å². The van der Waals surface area contributed by atoms with E-state index in [9.17, 15) is 4.79 Å². The predicted molar refractivity (Wildman–Crippen MR) is 101 cm³/mol. The van der Waals surface area contributed by atoms with E-state index >= 15 is 0 Å². The van der Waals surface area contributed by atoms with Gasteiger partial charge in [0.05, 0.1) is 17.8 Å². The molecule has 0 aliphatic heterocycles. The van der Waals surface area contributed by atoms with Crippen LogP contribution >= 0.6 is 11.3 Å². The number of anilines is 1. The van der Waals surface area contributed by atoms with Crippen LogP contribution in [0, 0.1) is 0 Å². The van der Waals surface area contributed by atoms with Crippen LogP contribution in [0.15, 0.2) is 65.8 Å². The maximum atomic E-state index is 11.1. The first kappa shape index (κ1) is 19.8. The fourth-order valence-electron chi connectivity index (χ4n) is 2.35. The Balaban J connectivity index is 0.00000243. The molecule has 0 fully saturated rings. The molecule has 3 rings (SSSR count). The second-order valence-corrected chi connectivity index (χ2v) is 6.49. The molecule has 5 nitrogen and oxygen atoms in total. The molecule has 26 heavy (non-hydrogen) atoms. The summed E-state index contributed by atoms with van der Waals surface area (Å²) < 4.78 is 0. The van der Waals surface area contributed by atoms with E-state index in [1.165, 1.54) is 11.3 Å². The van der Waals surface area contributed by atoms with Crippen LogP contribution in [0.5, 0.6) is 0 Å². The maximum absolute atomic E-state index is 11.1. The van der Waals surface area contributed by atoms with E-state index in [1.54, 1.807) is 0 Å². The summed E-state index contributed by atoms with van der Waals surface area (Å²) in [5, 5.41) is 14.1. The highest BCUT2D eigenvalue weighted by Gasteiger charge is 2.15. The zero-order valence-electron chi connectivity index (χ0n) is 14.0. The monoisotopic (exact) mass is 430 g/mol. The first-order valence-corrected chi connectivity index (χ1v) is 8.58. The van der Waals surface area contributed by atoms with Crippen LogP contribution in [0.1, 0.15) is 17.4 Å². The number of thiazole rings is 1. The summed E-state index contributed by atoms with van der Waals surface area (Å²) in [5.74, 6) is -0.878. The first-order valence-electron chi connectivity index (χ1n) is 7.76. The van der Waals surface area contributed by atoms with Gasteiger partial charge in [-0.25, -0.2) is 4.98 Å². The number of hydrogen-bond acceptors (Lipinski definition) is 5. The van der Waals surface area contributed by atoms with Gasteiger partial charge < -0.3 is 22.1 Å². The Morgan fingerprint density at radius 1 is 1.12 bits per heavy atom. The van der Waals surface area contributed by atoms with E-state index in [-0.39, 0.29) is 23.4 Å². The van der Waals surface area contributed by atoms with E-state index in [1.807, 2.05) is 67.6 Å². The second-order valence-electron chi connectivity index (χ2n) is 5.40. The molecule has 0 atom stereocenters. The third kappa shape index (κ3) is 5.00. The van der Waals surface area contributed by atoms with Crippen LogP contribution in [0.2, 0.25) is 0 Å². The van der Waals surface area contributed by atoms with Gasteiger partial charge in [-0.3, -0.25) is 10.2 Å². The van der Waals surface area contributed by atoms with Crippen molar-refractivity contribution in [3.63, 3.8) is 0 Å². The van der Waals surface area contributed by atoms with Gasteiger partial charge in [0, 0.05) is 10.4 Å². The number of hydrogen-bond donors (Lipinski definition) is 2. The van der Waals surface area contributed by atoms with Crippen LogP contribution in [-0.4, -0.2) is 21.8 Å². The number of nitrogens with one attached hydrogen (secondary N) is 1. The van der Waals surface area contributed by atoms with Crippen molar-refractivity contribution in [1.82, 2.24) is 4.98 Å². The number of benzene rings is 2. The van der Waals surface area contributed by atoms with Gasteiger partial charge in [0.25, 0.3) is 0 Å². The zero-order valence-corrected chi connectivity index (χ0v) is 16.4. The fourth-order valence-corrected chi connectivity index (χ4v) is 3.27. The number of nitrogens with zero attached hydrogens (tertiary/aromatic N) is 2. The number of carboxylic acid groups (broad SMARTS) is 1. The lowest BCUT2D eigenvalue weighted by molar-refractivity contribution is -0.136. The molecule has 0 saturated heterocycles. The summed E-state index contributed by atoms with van der Waals surface area (Å²) >= 11 is 1.31. The number of carboxylic acids is 1. The topological polar surface area (TPSA) is 74.6 Å². The summed E-state index contributed by atoms with van der Waals surface area (Å²) in [5.41, 5.74) is 6.37. The van der Waals surface area contributed by atoms with Crippen molar-refractivity contribution in [3.8, 4) is 11.3 Å². The van der Waals surface area contributed by atoms with Gasteiger partial charge in [0.1, 0.15) is 0 Å². The molecule has 0 amide bonds. The van der Waals surface area contributed by atoms with E-state index < -0.39 is 5.97 Å². The van der Waals surface area contributed by atoms with Gasteiger partial charge in [-0.1, -0.05) is 72.0 Å². The van der Waals surface area contributed by atoms with Crippen LogP contribution in [-0.2, 0) is 11.2 Å². The molecule has 2 N–H and O–H groups in total. The molecule has 0 radical (unpaired) electrons. The number of hydrazone groups is 1. The number of aliphatic carboxylic acids is 1. The van der Waals surface area contributed by atoms with Crippen molar-refractivity contribution in [2.45, 2.75) is 13.3 Å². The molecule has 0 spiro atoms. The summed E-state index contributed by atoms with van der Waals surface area (Å²) in [7, 11) is 0. The summed E-state index contributed by atoms with van der Waals surface area (Å²) in [6.07, 6.45) is -0.0645. The third-order valence-electron chi connectivity index (χ3n) is 3.57. The minimum absolute atomic E-state index is 0. The molecule has 0 aliphatic carbocycles. The van der Waals surface area contributed by atoms with Gasteiger partial charge in [-0.15, -0.1) is 0 Å². The van der Waals surface area contributed by atoms with Crippen molar-refractivity contribution in [2.24, 2.45) is 5.10 Å². The highest BCUT2D eigenvalue weighted by molar-refractivity contribution is 7.16. The number of carbonyl (C=O) groups is 1. The van der Waals surface area contributed by atoms with Crippen LogP contribution in [0.25, 0.3) is 11.3 Å². The molecule has 0 unspecified atom stereocenters. The molecule has 0 bridgehead atoms. The van der Waals surface area contributed by atoms with Gasteiger partial charge in [0.2, 0.25) is 5.13 Å². The molecule has 2 aromatic carbocycles. The molecule has 1 heterocycles. The Bertz CT molecular complexity index is 896. The molecule has 3 aromatic rings. The van der Waals surface area contributed by atoms with Crippen LogP contribution < -0.4 is 22.4 Å². The highest BCUT2D eigenvalue weighted by Crippen LogP contribution is 2.31. The van der Waals surface area contributed by atoms with E-state index in [2.05, 4.69) is 15.5 Å². The third-order valence-corrected chi connectivity index (χ3v) is 4.53. The quantitative estimate of drug-likeness (QED) is 0.456. The summed E-state index contributed by atoms with van der Waals surface area (Å²) in [6, 6.07) is 19.4. The number of halogens is 1. The molecule has 134 valence electrons. The Morgan fingerprint density at radius 2 is 1.73 bits per heavy atom. The number of aromatic nitrogens is 1. The molecular weight excluding hydrogens is 414 g/mol. The van der Waals surface area contributed by atoms with Gasteiger partial charge in [-0.05, 0) is 12.5 Å².